The Kier molecular flexibility index (Phi) is 4.03. The lowest BCUT2D eigenvalue weighted by atomic mass is 10.3. The number of carbonyl (C=O) groups is 2. The van der Waals surface area contributed by atoms with E-state index in [4.69, 9.17) is 4.74 Å². The van der Waals surface area contributed by atoms with Crippen LogP contribution in [0.3, 0.4) is 0 Å². The molecule has 0 aliphatic heterocycles. The molecule has 0 aliphatic carbocycles. The largest absolute Gasteiger partial charge is 0.466 e. The van der Waals surface area contributed by atoms with Gasteiger partial charge in [-0.1, -0.05) is 0 Å². The van der Waals surface area contributed by atoms with Crippen LogP contribution in [-0.4, -0.2) is 28.6 Å². The van der Waals surface area contributed by atoms with Crippen LogP contribution < -0.4 is 0 Å². The van der Waals surface area contributed by atoms with Crippen molar-refractivity contribution in [3.05, 3.63) is 17.5 Å². The first-order valence-corrected chi connectivity index (χ1v) is 4.82. The lowest BCUT2D eigenvalue weighted by Crippen LogP contribution is -2.09. The topological polar surface area (TPSA) is 61.2 Å². The molecule has 1 heterocycles. The van der Waals surface area contributed by atoms with Crippen LogP contribution in [0, 0.1) is 6.92 Å². The molecule has 1 aromatic rings. The number of aldehydes is 1. The molecule has 82 valence electrons. The van der Waals surface area contributed by atoms with Gasteiger partial charge in [-0.25, -0.2) is 0 Å². The number of nitrogens with zero attached hydrogens (tertiary/aromatic N) is 2. The smallest absolute Gasteiger partial charge is 0.307 e. The molecule has 0 amide bonds. The highest BCUT2D eigenvalue weighted by Gasteiger charge is 2.06. The highest BCUT2D eigenvalue weighted by atomic mass is 16.5. The van der Waals surface area contributed by atoms with Gasteiger partial charge in [-0.2, -0.15) is 5.10 Å². The van der Waals surface area contributed by atoms with Crippen LogP contribution in [0.4, 0.5) is 0 Å². The highest BCUT2D eigenvalue weighted by molar-refractivity contribution is 5.73. The van der Waals surface area contributed by atoms with Crippen LogP contribution in [0.25, 0.3) is 0 Å². The van der Waals surface area contributed by atoms with Gasteiger partial charge in [0, 0.05) is 6.20 Å². The summed E-state index contributed by atoms with van der Waals surface area (Å²) >= 11 is 0. The molecule has 0 saturated heterocycles. The third-order valence-electron chi connectivity index (χ3n) is 1.94. The van der Waals surface area contributed by atoms with Crippen molar-refractivity contribution in [1.82, 2.24) is 9.78 Å². The van der Waals surface area contributed by atoms with E-state index in [9.17, 15) is 9.59 Å². The number of aromatic nitrogens is 2. The van der Waals surface area contributed by atoms with Crippen molar-refractivity contribution in [2.24, 2.45) is 0 Å². The summed E-state index contributed by atoms with van der Waals surface area (Å²) in [4.78, 5) is 21.6. The van der Waals surface area contributed by atoms with Gasteiger partial charge in [0.15, 0.2) is 6.29 Å². The van der Waals surface area contributed by atoms with E-state index in [2.05, 4.69) is 5.10 Å². The molecule has 0 radical (unpaired) electrons. The van der Waals surface area contributed by atoms with E-state index in [0.717, 1.165) is 5.56 Å². The Labute approximate surface area is 88.0 Å². The molecule has 0 aromatic carbocycles. The average molecular weight is 210 g/mol. The fourth-order valence-electron chi connectivity index (χ4n) is 1.21. The maximum absolute atomic E-state index is 11.0. The van der Waals surface area contributed by atoms with Crippen LogP contribution in [0.2, 0.25) is 0 Å². The third-order valence-corrected chi connectivity index (χ3v) is 1.94. The number of aryl methyl sites for hydroxylation is 2. The zero-order valence-electron chi connectivity index (χ0n) is 8.90. The van der Waals surface area contributed by atoms with Crippen LogP contribution in [-0.2, 0) is 16.1 Å². The Hall–Kier alpha value is -1.65. The molecule has 0 fully saturated rings. The maximum atomic E-state index is 11.0. The highest BCUT2D eigenvalue weighted by Crippen LogP contribution is 2.03. The van der Waals surface area contributed by atoms with Crippen molar-refractivity contribution in [3.63, 3.8) is 0 Å². The molecular weight excluding hydrogens is 196 g/mol. The van der Waals surface area contributed by atoms with Gasteiger partial charge in [0.25, 0.3) is 0 Å². The summed E-state index contributed by atoms with van der Waals surface area (Å²) in [5, 5.41) is 4.00. The number of hydrogen-bond donors (Lipinski definition) is 0. The second kappa shape index (κ2) is 5.29. The Morgan fingerprint density at radius 2 is 2.40 bits per heavy atom. The summed E-state index contributed by atoms with van der Waals surface area (Å²) in [6.45, 7) is 4.39. The van der Waals surface area contributed by atoms with E-state index in [-0.39, 0.29) is 12.4 Å². The number of esters is 1. The van der Waals surface area contributed by atoms with E-state index in [0.29, 0.717) is 25.1 Å². The molecule has 0 unspecified atom stereocenters. The summed E-state index contributed by atoms with van der Waals surface area (Å²) in [5.74, 6) is -0.252. The molecule has 5 heteroatoms. The number of rotatable bonds is 5. The van der Waals surface area contributed by atoms with Crippen molar-refractivity contribution in [2.45, 2.75) is 26.8 Å². The van der Waals surface area contributed by atoms with Crippen LogP contribution in [0.1, 0.15) is 29.4 Å². The fraction of sp³-hybridized carbons (Fsp3) is 0.500. The van der Waals surface area contributed by atoms with Crippen molar-refractivity contribution in [1.29, 1.82) is 0 Å². The molecule has 5 nitrogen and oxygen atoms in total. The summed E-state index contributed by atoms with van der Waals surface area (Å²) in [5.41, 5.74) is 1.23. The molecule has 0 aliphatic rings. The minimum atomic E-state index is -0.252. The first kappa shape index (κ1) is 11.4. The van der Waals surface area contributed by atoms with E-state index in [1.807, 2.05) is 0 Å². The molecular formula is C10H14N2O3. The van der Waals surface area contributed by atoms with E-state index in [1.165, 1.54) is 0 Å². The van der Waals surface area contributed by atoms with E-state index < -0.39 is 0 Å². The van der Waals surface area contributed by atoms with Gasteiger partial charge in [-0.05, 0) is 19.4 Å². The quantitative estimate of drug-likeness (QED) is 0.536. The van der Waals surface area contributed by atoms with Crippen molar-refractivity contribution >= 4 is 12.3 Å². The van der Waals surface area contributed by atoms with Gasteiger partial charge >= 0.3 is 5.97 Å². The molecule has 15 heavy (non-hydrogen) atoms. The van der Waals surface area contributed by atoms with Gasteiger partial charge in [0.2, 0.25) is 0 Å². The molecule has 1 aromatic heterocycles. The first-order chi connectivity index (χ1) is 7.17. The second-order valence-electron chi connectivity index (χ2n) is 3.13. The number of hydrogen-bond acceptors (Lipinski definition) is 4. The first-order valence-electron chi connectivity index (χ1n) is 4.82. The number of ether oxygens (including phenoxy) is 1. The minimum Gasteiger partial charge on any atom is -0.466 e. The summed E-state index contributed by atoms with van der Waals surface area (Å²) in [6.07, 6.45) is 2.71. The van der Waals surface area contributed by atoms with Gasteiger partial charge in [0.1, 0.15) is 5.69 Å². The Morgan fingerprint density at radius 3 is 2.93 bits per heavy atom. The van der Waals surface area contributed by atoms with Gasteiger partial charge in [0.05, 0.1) is 19.6 Å². The standard InChI is InChI=1S/C10H14N2O3/c1-3-15-10(14)4-5-12-6-8(2)9(7-13)11-12/h6-7H,3-5H2,1-2H3. The SMILES string of the molecule is CCOC(=O)CCn1cc(C)c(C=O)n1. The van der Waals surface area contributed by atoms with Gasteiger partial charge in [-0.15, -0.1) is 0 Å². The molecule has 0 saturated carbocycles. The predicted molar refractivity (Wildman–Crippen MR) is 53.6 cm³/mol. The Balaban J connectivity index is 2.50. The van der Waals surface area contributed by atoms with Crippen molar-refractivity contribution in [3.8, 4) is 0 Å². The van der Waals surface area contributed by atoms with Gasteiger partial charge < -0.3 is 4.74 Å². The summed E-state index contributed by atoms with van der Waals surface area (Å²) < 4.78 is 6.36. The van der Waals surface area contributed by atoms with Crippen LogP contribution in [0.5, 0.6) is 0 Å². The number of carbonyl (C=O) groups excluding carboxylic acids is 2. The zero-order chi connectivity index (χ0) is 11.3. The van der Waals surface area contributed by atoms with Crippen LogP contribution in [0.15, 0.2) is 6.20 Å². The Bertz CT molecular complexity index is 358. The van der Waals surface area contributed by atoms with Crippen LogP contribution >= 0.6 is 0 Å². The fourth-order valence-corrected chi connectivity index (χ4v) is 1.21. The zero-order valence-corrected chi connectivity index (χ0v) is 8.90. The second-order valence-corrected chi connectivity index (χ2v) is 3.13. The maximum Gasteiger partial charge on any atom is 0.307 e. The predicted octanol–water partition coefficient (Wildman–Crippen LogP) is 0.957. The molecule has 0 atom stereocenters. The van der Waals surface area contributed by atoms with E-state index >= 15 is 0 Å². The van der Waals surface area contributed by atoms with Gasteiger partial charge in [-0.3, -0.25) is 14.3 Å². The molecule has 0 N–H and O–H groups in total. The van der Waals surface area contributed by atoms with Crippen molar-refractivity contribution in [2.75, 3.05) is 6.61 Å². The van der Waals surface area contributed by atoms with E-state index in [1.54, 1.807) is 24.7 Å². The Morgan fingerprint density at radius 1 is 1.67 bits per heavy atom. The lowest BCUT2D eigenvalue weighted by molar-refractivity contribution is -0.143. The average Bonchev–Trinajstić information content (AvgIpc) is 2.56. The molecule has 1 rings (SSSR count). The normalized spacial score (nSPS) is 10.0. The minimum absolute atomic E-state index is 0.252. The summed E-state index contributed by atoms with van der Waals surface area (Å²) in [7, 11) is 0. The summed E-state index contributed by atoms with van der Waals surface area (Å²) in [6, 6.07) is 0. The molecule has 0 spiro atoms. The lowest BCUT2D eigenvalue weighted by Gasteiger charge is -2.01. The third kappa shape index (κ3) is 3.19. The van der Waals surface area contributed by atoms with Crippen molar-refractivity contribution < 1.29 is 14.3 Å². The molecule has 0 bridgehead atoms. The monoisotopic (exact) mass is 210 g/mol.